The molecule has 33 heavy (non-hydrogen) atoms. The third-order valence-electron chi connectivity index (χ3n) is 5.26. The van der Waals surface area contributed by atoms with Crippen LogP contribution in [0.25, 0.3) is 22.5 Å². The maximum absolute atomic E-state index is 14.3. The molecule has 0 aliphatic carbocycles. The van der Waals surface area contributed by atoms with E-state index in [0.29, 0.717) is 34.8 Å². The van der Waals surface area contributed by atoms with Crippen LogP contribution in [0, 0.1) is 18.6 Å². The van der Waals surface area contributed by atoms with Gasteiger partial charge in [-0.05, 0) is 48.9 Å². The molecule has 0 aliphatic rings. The lowest BCUT2D eigenvalue weighted by Gasteiger charge is -2.10. The van der Waals surface area contributed by atoms with Gasteiger partial charge in [-0.1, -0.05) is 17.7 Å². The predicted molar refractivity (Wildman–Crippen MR) is 121 cm³/mol. The molecule has 0 radical (unpaired) electrons. The molecule has 9 heteroatoms. The van der Waals surface area contributed by atoms with Crippen molar-refractivity contribution >= 4 is 17.2 Å². The van der Waals surface area contributed by atoms with Gasteiger partial charge >= 0.3 is 0 Å². The zero-order valence-corrected chi connectivity index (χ0v) is 18.5. The second-order valence-electron chi connectivity index (χ2n) is 7.60. The molecule has 5 rings (SSSR count). The highest BCUT2D eigenvalue weighted by molar-refractivity contribution is 6.33. The number of methoxy groups -OCH3 is 1. The number of ether oxygens (including phenoxy) is 1. The van der Waals surface area contributed by atoms with E-state index < -0.39 is 11.6 Å². The van der Waals surface area contributed by atoms with Gasteiger partial charge in [0, 0.05) is 23.7 Å². The fourth-order valence-electron chi connectivity index (χ4n) is 3.76. The van der Waals surface area contributed by atoms with Crippen LogP contribution in [0.5, 0.6) is 5.75 Å². The van der Waals surface area contributed by atoms with Gasteiger partial charge in [0.15, 0.2) is 11.5 Å². The van der Waals surface area contributed by atoms with Crippen molar-refractivity contribution < 1.29 is 13.5 Å². The van der Waals surface area contributed by atoms with Crippen molar-refractivity contribution in [3.63, 3.8) is 0 Å². The van der Waals surface area contributed by atoms with E-state index in [0.717, 1.165) is 16.9 Å². The normalized spacial score (nSPS) is 11.3. The summed E-state index contributed by atoms with van der Waals surface area (Å²) < 4.78 is 36.6. The molecule has 0 saturated carbocycles. The van der Waals surface area contributed by atoms with Crippen LogP contribution in [-0.4, -0.2) is 31.3 Å². The average Bonchev–Trinajstić information content (AvgIpc) is 3.39. The van der Waals surface area contributed by atoms with Crippen molar-refractivity contribution in [3.05, 3.63) is 94.9 Å². The summed E-state index contributed by atoms with van der Waals surface area (Å²) in [6, 6.07) is 11.1. The minimum Gasteiger partial charge on any atom is -0.495 e. The molecule has 5 aromatic rings. The van der Waals surface area contributed by atoms with Crippen molar-refractivity contribution in [1.82, 2.24) is 24.1 Å². The first-order chi connectivity index (χ1) is 15.9. The molecule has 3 heterocycles. The highest BCUT2D eigenvalue weighted by Crippen LogP contribution is 2.32. The molecule has 0 spiro atoms. The van der Waals surface area contributed by atoms with Crippen LogP contribution in [0.15, 0.2) is 61.2 Å². The Kier molecular flexibility index (Phi) is 5.30. The van der Waals surface area contributed by atoms with Gasteiger partial charge in [-0.3, -0.25) is 0 Å². The lowest BCUT2D eigenvalue weighted by atomic mass is 10.1. The number of fused-ring (bicyclic) bond motifs is 1. The van der Waals surface area contributed by atoms with Gasteiger partial charge in [-0.15, -0.1) is 0 Å². The molecule has 0 amide bonds. The first-order valence-corrected chi connectivity index (χ1v) is 10.5. The molecule has 0 saturated heterocycles. The Bertz CT molecular complexity index is 1490. The maximum atomic E-state index is 14.3. The highest BCUT2D eigenvalue weighted by Gasteiger charge is 2.16. The lowest BCUT2D eigenvalue weighted by Crippen LogP contribution is -1.98. The topological polar surface area (TPSA) is 57.2 Å². The number of aromatic nitrogens is 5. The number of hydrogen-bond acceptors (Lipinski definition) is 4. The van der Waals surface area contributed by atoms with E-state index in [9.17, 15) is 8.78 Å². The van der Waals surface area contributed by atoms with Crippen molar-refractivity contribution in [1.29, 1.82) is 0 Å². The first kappa shape index (κ1) is 21.1. The van der Waals surface area contributed by atoms with Crippen molar-refractivity contribution in [2.24, 2.45) is 0 Å². The summed E-state index contributed by atoms with van der Waals surface area (Å²) in [5.41, 5.74) is 4.02. The van der Waals surface area contributed by atoms with Crippen LogP contribution in [0.1, 0.15) is 17.1 Å². The van der Waals surface area contributed by atoms with E-state index in [2.05, 4.69) is 15.1 Å². The molecule has 0 unspecified atom stereocenters. The summed E-state index contributed by atoms with van der Waals surface area (Å²) in [7, 11) is 1.61. The Hall–Kier alpha value is -3.78. The van der Waals surface area contributed by atoms with Gasteiger partial charge in [0.1, 0.15) is 17.4 Å². The Morgan fingerprint density at radius 1 is 1.00 bits per heavy atom. The Morgan fingerprint density at radius 3 is 2.58 bits per heavy atom. The van der Waals surface area contributed by atoms with Crippen molar-refractivity contribution in [2.45, 2.75) is 13.3 Å². The summed E-state index contributed by atoms with van der Waals surface area (Å²) in [5, 5.41) is 4.60. The van der Waals surface area contributed by atoms with E-state index in [1.165, 1.54) is 35.0 Å². The molecule has 0 atom stereocenters. The van der Waals surface area contributed by atoms with E-state index >= 15 is 0 Å². The van der Waals surface area contributed by atoms with Crippen LogP contribution < -0.4 is 4.74 Å². The summed E-state index contributed by atoms with van der Waals surface area (Å²) >= 11 is 6.21. The second kappa shape index (κ2) is 8.29. The third-order valence-corrected chi connectivity index (χ3v) is 5.57. The zero-order valence-electron chi connectivity index (χ0n) is 17.8. The predicted octanol–water partition coefficient (Wildman–Crippen LogP) is 5.42. The van der Waals surface area contributed by atoms with Crippen LogP contribution in [0.4, 0.5) is 8.78 Å². The Labute approximate surface area is 193 Å². The second-order valence-corrected chi connectivity index (χ2v) is 8.00. The lowest BCUT2D eigenvalue weighted by molar-refractivity contribution is 0.412. The quantitative estimate of drug-likeness (QED) is 0.347. The summed E-state index contributed by atoms with van der Waals surface area (Å²) in [6.45, 7) is 1.92. The van der Waals surface area contributed by atoms with E-state index in [4.69, 9.17) is 16.3 Å². The summed E-state index contributed by atoms with van der Waals surface area (Å²) in [5.74, 6) is 0.199. The van der Waals surface area contributed by atoms with E-state index in [1.54, 1.807) is 13.4 Å². The molecular weight excluding hydrogens is 448 g/mol. The van der Waals surface area contributed by atoms with Crippen LogP contribution in [-0.2, 0) is 6.42 Å². The number of pyridine rings is 1. The average molecular weight is 466 g/mol. The zero-order chi connectivity index (χ0) is 23.1. The van der Waals surface area contributed by atoms with Crippen LogP contribution in [0.2, 0.25) is 5.02 Å². The monoisotopic (exact) mass is 465 g/mol. The molecule has 3 aromatic heterocycles. The minimum atomic E-state index is -0.504. The smallest absolute Gasteiger partial charge is 0.163 e. The highest BCUT2D eigenvalue weighted by atomic mass is 35.5. The number of benzene rings is 2. The van der Waals surface area contributed by atoms with Crippen molar-refractivity contribution in [3.8, 4) is 22.6 Å². The molecular formula is C24H18ClF2N5O. The Balaban J connectivity index is 1.52. The molecule has 0 N–H and O–H groups in total. The minimum absolute atomic E-state index is 0.169. The third kappa shape index (κ3) is 4.05. The largest absolute Gasteiger partial charge is 0.495 e. The number of aryl methyl sites for hydroxylation is 1. The first-order valence-electron chi connectivity index (χ1n) is 10.1. The van der Waals surface area contributed by atoms with Crippen molar-refractivity contribution in [2.75, 3.05) is 7.11 Å². The SMILES string of the molecule is COc1cc(Cc2nc3c(-c4ccc(F)cc4Cl)cc(F)cn3n2)ccc1-n1cnc(C)c1. The molecule has 0 fully saturated rings. The number of imidazole rings is 1. The van der Waals surface area contributed by atoms with Gasteiger partial charge in [0.05, 0.1) is 36.0 Å². The molecule has 2 aromatic carbocycles. The molecule has 166 valence electrons. The van der Waals surface area contributed by atoms with Crippen LogP contribution >= 0.6 is 11.6 Å². The number of hydrogen-bond donors (Lipinski definition) is 0. The van der Waals surface area contributed by atoms with E-state index in [1.807, 2.05) is 35.9 Å². The van der Waals surface area contributed by atoms with Gasteiger partial charge in [0.2, 0.25) is 0 Å². The fraction of sp³-hybridized carbons (Fsp3) is 0.125. The van der Waals surface area contributed by atoms with Gasteiger partial charge in [-0.2, -0.15) is 5.10 Å². The van der Waals surface area contributed by atoms with Gasteiger partial charge in [-0.25, -0.2) is 23.3 Å². The summed E-state index contributed by atoms with van der Waals surface area (Å²) in [6.07, 6.45) is 5.29. The fourth-order valence-corrected chi connectivity index (χ4v) is 4.03. The number of nitrogens with zero attached hydrogens (tertiary/aromatic N) is 5. The maximum Gasteiger partial charge on any atom is 0.163 e. The molecule has 0 bridgehead atoms. The van der Waals surface area contributed by atoms with Crippen LogP contribution in [0.3, 0.4) is 0 Å². The summed E-state index contributed by atoms with van der Waals surface area (Å²) in [4.78, 5) is 8.86. The number of halogens is 3. The standard InChI is InChI=1S/C24H18ClF2N5O/c1-14-11-31(13-28-14)21-6-3-15(7-22(21)33-2)8-23-29-24-19(9-17(27)12-32(24)30-23)18-5-4-16(26)10-20(18)25/h3-7,9-13H,8H2,1-2H3. The Morgan fingerprint density at radius 2 is 1.85 bits per heavy atom. The van der Waals surface area contributed by atoms with Gasteiger partial charge in [0.25, 0.3) is 0 Å². The van der Waals surface area contributed by atoms with Gasteiger partial charge < -0.3 is 9.30 Å². The molecule has 6 nitrogen and oxygen atoms in total. The van der Waals surface area contributed by atoms with E-state index in [-0.39, 0.29) is 5.02 Å². The molecule has 0 aliphatic heterocycles. The number of rotatable bonds is 5.